The highest BCUT2D eigenvalue weighted by Crippen LogP contribution is 2.45. The molecule has 39 heavy (non-hydrogen) atoms. The average Bonchev–Trinajstić information content (AvgIpc) is 2.96. The predicted molar refractivity (Wildman–Crippen MR) is 154 cm³/mol. The smallest absolute Gasteiger partial charge is 0.204 e. The van der Waals surface area contributed by atoms with Crippen LogP contribution in [-0.4, -0.2) is 62.6 Å². The Balaban J connectivity index is 0.00000533. The summed E-state index contributed by atoms with van der Waals surface area (Å²) in [4.78, 5) is 0. The van der Waals surface area contributed by atoms with Crippen LogP contribution in [0.2, 0.25) is 0 Å². The van der Waals surface area contributed by atoms with Gasteiger partial charge in [0, 0.05) is 8.41 Å². The van der Waals surface area contributed by atoms with E-state index in [1.54, 1.807) is 0 Å². The lowest BCUT2D eigenvalue weighted by molar-refractivity contribution is -0.165. The monoisotopic (exact) mass is 553 g/mol. The summed E-state index contributed by atoms with van der Waals surface area (Å²) in [6.45, 7) is 5.19. The fourth-order valence-corrected chi connectivity index (χ4v) is 5.22. The van der Waals surface area contributed by atoms with Gasteiger partial charge in [0.15, 0.2) is 5.85 Å². The molecule has 0 aliphatic rings. The number of aliphatic hydroxyl groups is 2. The Morgan fingerprint density at radius 2 is 1.03 bits per heavy atom. The lowest BCUT2D eigenvalue weighted by Crippen LogP contribution is -2.49. The summed E-state index contributed by atoms with van der Waals surface area (Å²) in [5, 5.41) is 22.8. The summed E-state index contributed by atoms with van der Waals surface area (Å²) in [5.41, 5.74) is 2.86. The largest absolute Gasteiger partial charge is 0.388 e. The van der Waals surface area contributed by atoms with Gasteiger partial charge in [-0.1, -0.05) is 91.0 Å². The maximum Gasteiger partial charge on any atom is 0.204 e. The van der Waals surface area contributed by atoms with Crippen molar-refractivity contribution in [1.29, 1.82) is 0 Å². The van der Waals surface area contributed by atoms with Crippen molar-refractivity contribution in [2.45, 2.75) is 57.8 Å². The van der Waals surface area contributed by atoms with Gasteiger partial charge < -0.3 is 33.5 Å². The van der Waals surface area contributed by atoms with Gasteiger partial charge in [-0.05, 0) is 30.5 Å². The second-order valence-electron chi connectivity index (χ2n) is 8.63. The van der Waals surface area contributed by atoms with Gasteiger partial charge in [-0.3, -0.25) is 0 Å². The van der Waals surface area contributed by atoms with E-state index in [1.165, 1.54) is 0 Å². The van der Waals surface area contributed by atoms with Crippen LogP contribution in [0, 0.1) is 0 Å². The third-order valence-corrected chi connectivity index (χ3v) is 7.45. The molecule has 0 heterocycles. The van der Waals surface area contributed by atoms with E-state index in [0.29, 0.717) is 19.8 Å². The molecule has 0 unspecified atom stereocenters. The highest BCUT2D eigenvalue weighted by Gasteiger charge is 2.41. The number of aliphatic hydroxyl groups excluding tert-OH is 2. The third-order valence-electron chi connectivity index (χ3n) is 5.70. The standard InChI is InChI=1S/C30H39O7P.B/c1-3-36-38(37-4-2)30(32)29(35-22-26-18-12-7-13-19-26)28(34-21-25-16-10-6-11-17-25)27(31)23-33-20-24-14-8-5-9-15-24;/h5-19,27-32H,3-4,20-23H2,1-2H3;/t27-,28-,29+,30+;/m1./s1. The molecule has 209 valence electrons. The molecule has 0 aliphatic carbocycles. The number of benzene rings is 3. The molecular formula is C30H39BO7P. The van der Waals surface area contributed by atoms with Crippen molar-refractivity contribution in [3.8, 4) is 0 Å². The summed E-state index contributed by atoms with van der Waals surface area (Å²) in [7, 11) is -1.71. The van der Waals surface area contributed by atoms with Gasteiger partial charge in [0.05, 0.1) is 39.6 Å². The van der Waals surface area contributed by atoms with E-state index in [9.17, 15) is 10.2 Å². The van der Waals surface area contributed by atoms with Gasteiger partial charge >= 0.3 is 0 Å². The van der Waals surface area contributed by atoms with Gasteiger partial charge in [0.1, 0.15) is 18.3 Å². The summed E-state index contributed by atoms with van der Waals surface area (Å²) in [6, 6.07) is 29.1. The van der Waals surface area contributed by atoms with Crippen molar-refractivity contribution in [2.75, 3.05) is 19.8 Å². The molecule has 0 spiro atoms. The normalized spacial score (nSPS) is 14.4. The van der Waals surface area contributed by atoms with E-state index >= 15 is 0 Å². The Hall–Kier alpha value is -2.13. The zero-order valence-corrected chi connectivity index (χ0v) is 23.6. The van der Waals surface area contributed by atoms with E-state index in [0.717, 1.165) is 16.7 Å². The molecule has 0 saturated carbocycles. The molecule has 3 aromatic carbocycles. The predicted octanol–water partition coefficient (Wildman–Crippen LogP) is 5.06. The fourth-order valence-electron chi connectivity index (χ4n) is 3.84. The zero-order valence-electron chi connectivity index (χ0n) is 22.7. The number of rotatable bonds is 18. The first-order valence-electron chi connectivity index (χ1n) is 13.0. The van der Waals surface area contributed by atoms with Crippen LogP contribution in [0.5, 0.6) is 0 Å². The molecule has 0 fully saturated rings. The summed E-state index contributed by atoms with van der Waals surface area (Å²) < 4.78 is 29.9. The molecule has 0 aliphatic heterocycles. The van der Waals surface area contributed by atoms with Crippen molar-refractivity contribution in [2.24, 2.45) is 0 Å². The Kier molecular flexibility index (Phi) is 16.1. The van der Waals surface area contributed by atoms with Crippen LogP contribution >= 0.6 is 8.38 Å². The lowest BCUT2D eigenvalue weighted by atomic mass is 10.1. The van der Waals surface area contributed by atoms with Gasteiger partial charge in [-0.15, -0.1) is 0 Å². The maximum absolute atomic E-state index is 11.5. The minimum Gasteiger partial charge on any atom is -0.388 e. The van der Waals surface area contributed by atoms with Gasteiger partial charge in [0.2, 0.25) is 8.38 Å². The zero-order chi connectivity index (χ0) is 27.0. The molecule has 3 aromatic rings. The minimum atomic E-state index is -1.71. The van der Waals surface area contributed by atoms with Crippen LogP contribution in [0.15, 0.2) is 91.0 Å². The molecule has 3 rings (SSSR count). The summed E-state index contributed by atoms with van der Waals surface area (Å²) in [5.74, 6) is -1.17. The molecular weight excluding hydrogens is 514 g/mol. The number of hydrogen-bond donors (Lipinski definition) is 2. The molecule has 0 amide bonds. The van der Waals surface area contributed by atoms with Gasteiger partial charge in [-0.2, -0.15) is 0 Å². The van der Waals surface area contributed by atoms with Crippen molar-refractivity contribution in [3.05, 3.63) is 108 Å². The van der Waals surface area contributed by atoms with Crippen LogP contribution in [-0.2, 0) is 43.1 Å². The van der Waals surface area contributed by atoms with E-state index < -0.39 is 32.5 Å². The molecule has 0 aromatic heterocycles. The van der Waals surface area contributed by atoms with Gasteiger partial charge in [0.25, 0.3) is 0 Å². The molecule has 4 atom stereocenters. The van der Waals surface area contributed by atoms with Crippen LogP contribution in [0.4, 0.5) is 0 Å². The maximum atomic E-state index is 11.5. The van der Waals surface area contributed by atoms with Crippen LogP contribution in [0.1, 0.15) is 30.5 Å². The Labute approximate surface area is 235 Å². The molecule has 0 bridgehead atoms. The van der Waals surface area contributed by atoms with E-state index in [-0.39, 0.29) is 28.2 Å². The SMILES string of the molecule is CCOP(OCC)[C@H](O)[C@@H](OCc1ccccc1)[C@H](OCc1ccccc1)[C@H](O)COCc1ccccc1.[B]. The second-order valence-corrected chi connectivity index (χ2v) is 10.2. The van der Waals surface area contributed by atoms with Crippen molar-refractivity contribution < 1.29 is 33.5 Å². The Bertz CT molecular complexity index is 994. The van der Waals surface area contributed by atoms with E-state index in [1.807, 2.05) is 105 Å². The van der Waals surface area contributed by atoms with Crippen LogP contribution < -0.4 is 0 Å². The first-order valence-corrected chi connectivity index (χ1v) is 14.2. The first kappa shape index (κ1) is 33.1. The number of ether oxygens (including phenoxy) is 3. The molecule has 2 N–H and O–H groups in total. The van der Waals surface area contributed by atoms with Crippen molar-refractivity contribution in [1.82, 2.24) is 0 Å². The molecule has 0 saturated heterocycles. The molecule has 3 radical (unpaired) electrons. The van der Waals surface area contributed by atoms with Crippen molar-refractivity contribution in [3.63, 3.8) is 0 Å². The third kappa shape index (κ3) is 11.5. The summed E-state index contributed by atoms with van der Waals surface area (Å²) >= 11 is 0. The van der Waals surface area contributed by atoms with Crippen molar-refractivity contribution >= 4 is 16.8 Å². The van der Waals surface area contributed by atoms with E-state index in [4.69, 9.17) is 23.3 Å². The van der Waals surface area contributed by atoms with Crippen LogP contribution in [0.3, 0.4) is 0 Å². The second kappa shape index (κ2) is 19.0. The molecule has 7 nitrogen and oxygen atoms in total. The quantitative estimate of drug-likeness (QED) is 0.168. The number of hydrogen-bond acceptors (Lipinski definition) is 7. The topological polar surface area (TPSA) is 86.6 Å². The molecule has 9 heteroatoms. The lowest BCUT2D eigenvalue weighted by Gasteiger charge is -2.36. The minimum absolute atomic E-state index is 0. The van der Waals surface area contributed by atoms with Crippen LogP contribution in [0.25, 0.3) is 0 Å². The first-order chi connectivity index (χ1) is 18.6. The Morgan fingerprint density at radius 1 is 0.615 bits per heavy atom. The Morgan fingerprint density at radius 3 is 1.46 bits per heavy atom. The highest BCUT2D eigenvalue weighted by atomic mass is 31.2. The van der Waals surface area contributed by atoms with E-state index in [2.05, 4.69) is 0 Å². The van der Waals surface area contributed by atoms with Gasteiger partial charge in [-0.25, -0.2) is 0 Å². The average molecular weight is 553 g/mol. The fraction of sp³-hybridized carbons (Fsp3) is 0.400. The highest BCUT2D eigenvalue weighted by molar-refractivity contribution is 7.47. The summed E-state index contributed by atoms with van der Waals surface area (Å²) in [6.07, 6.45) is -2.95.